The van der Waals surface area contributed by atoms with Gasteiger partial charge in [0.05, 0.1) is 17.2 Å². The molecule has 2 amide bonds. The molecule has 1 aromatic carbocycles. The van der Waals surface area contributed by atoms with Gasteiger partial charge in [0, 0.05) is 45.0 Å². The van der Waals surface area contributed by atoms with Crippen LogP contribution in [0, 0.1) is 6.92 Å². The molecule has 2 aromatic rings. The largest absolute Gasteiger partial charge is 0.475 e. The molecule has 0 atom stereocenters. The number of hydrogen-bond donors (Lipinski definition) is 1. The van der Waals surface area contributed by atoms with Gasteiger partial charge in [-0.25, -0.2) is 4.98 Å². The Balaban J connectivity index is 1.52. The van der Waals surface area contributed by atoms with Crippen molar-refractivity contribution in [3.63, 3.8) is 0 Å². The predicted octanol–water partition coefficient (Wildman–Crippen LogP) is 2.46. The molecule has 1 aromatic heterocycles. The summed E-state index contributed by atoms with van der Waals surface area (Å²) in [4.78, 5) is 37.3. The minimum absolute atomic E-state index is 0.298. The first-order chi connectivity index (χ1) is 15.5. The Labute approximate surface area is 190 Å². The smallest absolute Gasteiger partial charge is 0.290 e. The van der Waals surface area contributed by atoms with Gasteiger partial charge in [0.25, 0.3) is 11.1 Å². The number of nitrogens with one attached hydrogen (secondary N) is 1. The van der Waals surface area contributed by atoms with E-state index in [-0.39, 0.29) is 5.24 Å². The molecule has 32 heavy (non-hydrogen) atoms. The van der Waals surface area contributed by atoms with Crippen molar-refractivity contribution in [2.45, 2.75) is 6.92 Å². The number of amides is 2. The molecule has 3 heterocycles. The Hall–Kier alpha value is -3.11. The third kappa shape index (κ3) is 5.38. The zero-order valence-corrected chi connectivity index (χ0v) is 18.9. The van der Waals surface area contributed by atoms with Crippen LogP contribution in [0.1, 0.15) is 11.3 Å². The molecule has 9 nitrogen and oxygen atoms in total. The topological polar surface area (TPSA) is 96.9 Å². The first-order valence-corrected chi connectivity index (χ1v) is 11.2. The number of anilines is 2. The van der Waals surface area contributed by atoms with Gasteiger partial charge < -0.3 is 19.3 Å². The highest BCUT2D eigenvalue weighted by Crippen LogP contribution is 2.27. The number of aryl methyl sites for hydroxylation is 1. The number of carbonyl (C=O) groups excluding carboxylic acids is 2. The fourth-order valence-corrected chi connectivity index (χ4v) is 4.09. The van der Waals surface area contributed by atoms with E-state index in [0.29, 0.717) is 35.6 Å². The van der Waals surface area contributed by atoms with Gasteiger partial charge in [0.2, 0.25) is 11.8 Å². The third-order valence-corrected chi connectivity index (χ3v) is 5.94. The van der Waals surface area contributed by atoms with Gasteiger partial charge in [-0.3, -0.25) is 14.9 Å². The normalized spacial score (nSPS) is 17.8. The molecule has 168 valence electrons. The van der Waals surface area contributed by atoms with Crippen LogP contribution < -0.4 is 19.9 Å². The number of thioether (sulfide) groups is 1. The summed E-state index contributed by atoms with van der Waals surface area (Å²) in [7, 11) is 1.60. The van der Waals surface area contributed by atoms with E-state index in [2.05, 4.69) is 56.3 Å². The SMILES string of the molecule is COCCOc1cc(C=C2SC(=O)NC2=O)nc(N2CCN(c3ccc(C)cc3)CC2)n1. The Bertz CT molecular complexity index is 1020. The fraction of sp³-hybridized carbons (Fsp3) is 0.364. The minimum Gasteiger partial charge on any atom is -0.475 e. The van der Waals surface area contributed by atoms with E-state index in [1.54, 1.807) is 19.3 Å². The Morgan fingerprint density at radius 3 is 2.44 bits per heavy atom. The van der Waals surface area contributed by atoms with Gasteiger partial charge in [-0.1, -0.05) is 17.7 Å². The van der Waals surface area contributed by atoms with E-state index in [9.17, 15) is 9.59 Å². The molecule has 0 saturated carbocycles. The molecule has 10 heteroatoms. The van der Waals surface area contributed by atoms with E-state index in [4.69, 9.17) is 9.47 Å². The van der Waals surface area contributed by atoms with Crippen LogP contribution in [0.2, 0.25) is 0 Å². The summed E-state index contributed by atoms with van der Waals surface area (Å²) in [6, 6.07) is 10.2. The van der Waals surface area contributed by atoms with Crippen LogP contribution in [0.4, 0.5) is 16.4 Å². The molecule has 1 N–H and O–H groups in total. The summed E-state index contributed by atoms with van der Waals surface area (Å²) in [6.07, 6.45) is 1.59. The van der Waals surface area contributed by atoms with Gasteiger partial charge >= 0.3 is 0 Å². The lowest BCUT2D eigenvalue weighted by Gasteiger charge is -2.36. The van der Waals surface area contributed by atoms with Crippen LogP contribution in [0.3, 0.4) is 0 Å². The molecular weight excluding hydrogens is 430 g/mol. The molecule has 0 aliphatic carbocycles. The lowest BCUT2D eigenvalue weighted by atomic mass is 10.2. The lowest BCUT2D eigenvalue weighted by molar-refractivity contribution is -0.115. The fourth-order valence-electron chi connectivity index (χ4n) is 3.42. The number of ether oxygens (including phenoxy) is 2. The monoisotopic (exact) mass is 455 g/mol. The first kappa shape index (κ1) is 22.1. The van der Waals surface area contributed by atoms with Gasteiger partial charge in [0.15, 0.2) is 0 Å². The Kier molecular flexibility index (Phi) is 6.91. The average molecular weight is 456 g/mol. The highest BCUT2D eigenvalue weighted by Gasteiger charge is 2.26. The van der Waals surface area contributed by atoms with E-state index in [1.165, 1.54) is 11.3 Å². The van der Waals surface area contributed by atoms with Gasteiger partial charge in [0.1, 0.15) is 6.61 Å². The molecule has 0 unspecified atom stereocenters. The predicted molar refractivity (Wildman–Crippen MR) is 124 cm³/mol. The van der Waals surface area contributed by atoms with Gasteiger partial charge in [-0.2, -0.15) is 4.98 Å². The maximum Gasteiger partial charge on any atom is 0.290 e. The average Bonchev–Trinajstić information content (AvgIpc) is 3.11. The maximum absolute atomic E-state index is 11.9. The van der Waals surface area contributed by atoms with Crippen LogP contribution in [-0.2, 0) is 9.53 Å². The lowest BCUT2D eigenvalue weighted by Crippen LogP contribution is -2.47. The summed E-state index contributed by atoms with van der Waals surface area (Å²) in [5, 5.41) is 1.87. The summed E-state index contributed by atoms with van der Waals surface area (Å²) in [6.45, 7) is 6.03. The quantitative estimate of drug-likeness (QED) is 0.499. The number of carbonyl (C=O) groups is 2. The number of aromatic nitrogens is 2. The van der Waals surface area contributed by atoms with Crippen LogP contribution in [-0.4, -0.2) is 67.6 Å². The van der Waals surface area contributed by atoms with Crippen LogP contribution >= 0.6 is 11.8 Å². The number of benzene rings is 1. The second-order valence-electron chi connectivity index (χ2n) is 7.43. The second kappa shape index (κ2) is 10.0. The number of hydrogen-bond acceptors (Lipinski definition) is 9. The number of nitrogens with zero attached hydrogens (tertiary/aromatic N) is 4. The summed E-state index contributed by atoms with van der Waals surface area (Å²) in [5.74, 6) is 0.508. The van der Waals surface area contributed by atoms with Crippen molar-refractivity contribution in [3.8, 4) is 5.88 Å². The molecule has 2 saturated heterocycles. The molecule has 0 bridgehead atoms. The van der Waals surface area contributed by atoms with Crippen molar-refractivity contribution in [2.75, 3.05) is 56.3 Å². The molecule has 0 radical (unpaired) electrons. The molecular formula is C22H25N5O4S. The zero-order valence-electron chi connectivity index (χ0n) is 18.0. The highest BCUT2D eigenvalue weighted by atomic mass is 32.2. The van der Waals surface area contributed by atoms with Crippen LogP contribution in [0.15, 0.2) is 35.2 Å². The second-order valence-corrected chi connectivity index (χ2v) is 8.45. The summed E-state index contributed by atoms with van der Waals surface area (Å²) < 4.78 is 10.8. The van der Waals surface area contributed by atoms with Crippen molar-refractivity contribution in [2.24, 2.45) is 0 Å². The van der Waals surface area contributed by atoms with E-state index in [1.807, 2.05) is 0 Å². The molecule has 2 aliphatic heterocycles. The molecule has 4 rings (SSSR count). The van der Waals surface area contributed by atoms with Crippen molar-refractivity contribution in [1.29, 1.82) is 0 Å². The number of piperazine rings is 1. The number of methoxy groups -OCH3 is 1. The van der Waals surface area contributed by atoms with Crippen molar-refractivity contribution < 1.29 is 19.1 Å². The van der Waals surface area contributed by atoms with Crippen molar-refractivity contribution >= 4 is 40.6 Å². The summed E-state index contributed by atoms with van der Waals surface area (Å²) in [5.41, 5.74) is 2.95. The minimum atomic E-state index is -0.422. The Morgan fingerprint density at radius 2 is 1.78 bits per heavy atom. The van der Waals surface area contributed by atoms with Crippen molar-refractivity contribution in [3.05, 3.63) is 46.5 Å². The maximum atomic E-state index is 11.9. The van der Waals surface area contributed by atoms with E-state index in [0.717, 1.165) is 37.9 Å². The number of imide groups is 1. The van der Waals surface area contributed by atoms with E-state index >= 15 is 0 Å². The Morgan fingerprint density at radius 1 is 1.06 bits per heavy atom. The van der Waals surface area contributed by atoms with E-state index < -0.39 is 5.91 Å². The van der Waals surface area contributed by atoms with Crippen LogP contribution in [0.25, 0.3) is 6.08 Å². The molecule has 2 fully saturated rings. The highest BCUT2D eigenvalue weighted by molar-refractivity contribution is 8.18. The summed E-state index contributed by atoms with van der Waals surface area (Å²) >= 11 is 0.856. The van der Waals surface area contributed by atoms with Crippen molar-refractivity contribution in [1.82, 2.24) is 15.3 Å². The zero-order chi connectivity index (χ0) is 22.5. The molecule has 0 spiro atoms. The van der Waals surface area contributed by atoms with Gasteiger partial charge in [-0.05, 0) is 36.9 Å². The van der Waals surface area contributed by atoms with Crippen LogP contribution in [0.5, 0.6) is 5.88 Å². The third-order valence-electron chi connectivity index (χ3n) is 5.13. The number of rotatable bonds is 7. The standard InChI is InChI=1S/C22H25N5O4S/c1-15-3-5-17(6-4-15)26-7-9-27(10-8-26)21-23-16(13-18-20(28)25-22(29)32-18)14-19(24-21)31-12-11-30-2/h3-6,13-14H,7-12H2,1-2H3,(H,25,28,29). The molecule has 2 aliphatic rings. The first-order valence-electron chi connectivity index (χ1n) is 10.3. The van der Waals surface area contributed by atoms with Gasteiger partial charge in [-0.15, -0.1) is 0 Å².